The summed E-state index contributed by atoms with van der Waals surface area (Å²) in [5.74, 6) is 0.790. The second-order valence-corrected chi connectivity index (χ2v) is 11.7. The Morgan fingerprint density at radius 2 is 1.68 bits per heavy atom. The van der Waals surface area contributed by atoms with Gasteiger partial charge in [-0.2, -0.15) is 5.26 Å². The van der Waals surface area contributed by atoms with E-state index in [-0.39, 0.29) is 12.0 Å². The Morgan fingerprint density at radius 3 is 2.41 bits per heavy atom. The number of para-hydroxylation sites is 3. The number of nitrogens with zero attached hydrogens (tertiary/aromatic N) is 4. The van der Waals surface area contributed by atoms with Crippen LogP contribution in [0.3, 0.4) is 0 Å². The molecule has 2 heterocycles. The van der Waals surface area contributed by atoms with Crippen LogP contribution >= 0.6 is 0 Å². The molecule has 0 saturated carbocycles. The number of nitriles is 1. The third kappa shape index (κ3) is 4.70. The van der Waals surface area contributed by atoms with E-state index in [1.165, 1.54) is 45.3 Å². The molecule has 4 unspecified atom stereocenters. The van der Waals surface area contributed by atoms with Crippen molar-refractivity contribution in [2.45, 2.75) is 51.5 Å². The van der Waals surface area contributed by atoms with Crippen LogP contribution in [-0.2, 0) is 0 Å². The van der Waals surface area contributed by atoms with Crippen molar-refractivity contribution in [1.82, 2.24) is 0 Å². The number of anilines is 3. The zero-order valence-electron chi connectivity index (χ0n) is 23.7. The van der Waals surface area contributed by atoms with Crippen LogP contribution in [0.1, 0.15) is 45.4 Å². The van der Waals surface area contributed by atoms with Gasteiger partial charge in [-0.05, 0) is 85.9 Å². The highest BCUT2D eigenvalue weighted by Crippen LogP contribution is 2.50. The fourth-order valence-corrected chi connectivity index (χ4v) is 6.93. The molecule has 0 aromatic heterocycles. The summed E-state index contributed by atoms with van der Waals surface area (Å²) < 4.78 is 0. The predicted octanol–water partition coefficient (Wildman–Crippen LogP) is 8.93. The summed E-state index contributed by atoms with van der Waals surface area (Å²) in [7, 11) is 0. The highest BCUT2D eigenvalue weighted by atomic mass is 15.3. The first-order chi connectivity index (χ1) is 20.2. The van der Waals surface area contributed by atoms with Gasteiger partial charge in [0.1, 0.15) is 0 Å². The monoisotopic (exact) mass is 536 g/mol. The molecule has 0 amide bonds. The maximum Gasteiger partial charge on any atom is 0.0812 e. The quantitative estimate of drug-likeness (QED) is 0.392. The molecule has 41 heavy (non-hydrogen) atoms. The molecule has 0 fully saturated rings. The summed E-state index contributed by atoms with van der Waals surface area (Å²) >= 11 is 0. The lowest BCUT2D eigenvalue weighted by atomic mass is 9.82. The summed E-state index contributed by atoms with van der Waals surface area (Å²) in [5.41, 5.74) is 10.5. The normalized spacial score (nSPS) is 27.0. The third-order valence-electron chi connectivity index (χ3n) is 9.01. The van der Waals surface area contributed by atoms with Gasteiger partial charge in [0.2, 0.25) is 0 Å². The number of fused-ring (bicyclic) bond motifs is 1. The van der Waals surface area contributed by atoms with Gasteiger partial charge >= 0.3 is 0 Å². The molecule has 3 aliphatic carbocycles. The van der Waals surface area contributed by atoms with E-state index < -0.39 is 0 Å². The van der Waals surface area contributed by atoms with Crippen LogP contribution < -0.4 is 9.80 Å². The van der Waals surface area contributed by atoms with Crippen LogP contribution in [0, 0.1) is 29.1 Å². The number of allylic oxidation sites excluding steroid dienone is 9. The SMILES string of the molecule is CC1C=CC2=C(C1)N(C1=C(C3C=CC(C4CCC(C#N)C=N4)=CC3)C=CCC1)c1ccccc1N2c1ccccc1. The van der Waals surface area contributed by atoms with Crippen LogP contribution in [0.25, 0.3) is 0 Å². The van der Waals surface area contributed by atoms with E-state index in [2.05, 4.69) is 120 Å². The van der Waals surface area contributed by atoms with Gasteiger partial charge in [0.05, 0.1) is 35.1 Å². The van der Waals surface area contributed by atoms with Crippen molar-refractivity contribution in [2.75, 3.05) is 9.80 Å². The Morgan fingerprint density at radius 1 is 0.878 bits per heavy atom. The van der Waals surface area contributed by atoms with Crippen molar-refractivity contribution < 1.29 is 0 Å². The van der Waals surface area contributed by atoms with E-state index >= 15 is 0 Å². The van der Waals surface area contributed by atoms with Crippen LogP contribution in [0.4, 0.5) is 17.1 Å². The van der Waals surface area contributed by atoms with Crippen LogP contribution in [-0.4, -0.2) is 12.3 Å². The molecule has 0 N–H and O–H groups in total. The molecule has 4 atom stereocenters. The molecule has 0 radical (unpaired) electrons. The molecule has 7 rings (SSSR count). The molecular weight excluding hydrogens is 500 g/mol. The minimum Gasteiger partial charge on any atom is -0.313 e. The first kappa shape index (κ1) is 25.6. The first-order valence-electron chi connectivity index (χ1n) is 15.1. The fourth-order valence-electron chi connectivity index (χ4n) is 6.93. The van der Waals surface area contributed by atoms with Crippen molar-refractivity contribution in [3.05, 3.63) is 125 Å². The van der Waals surface area contributed by atoms with Gasteiger partial charge in [0.25, 0.3) is 0 Å². The third-order valence-corrected chi connectivity index (χ3v) is 9.01. The Balaban J connectivity index is 1.29. The van der Waals surface area contributed by atoms with Crippen molar-refractivity contribution >= 4 is 23.3 Å². The Labute approximate surface area is 243 Å². The van der Waals surface area contributed by atoms with Gasteiger partial charge < -0.3 is 9.80 Å². The highest BCUT2D eigenvalue weighted by Gasteiger charge is 2.36. The average Bonchev–Trinajstić information content (AvgIpc) is 3.04. The average molecular weight is 537 g/mol. The molecular formula is C37H36N4. The van der Waals surface area contributed by atoms with Crippen molar-refractivity contribution in [3.8, 4) is 6.07 Å². The number of aliphatic imine (C=N–C) groups is 1. The zero-order valence-corrected chi connectivity index (χ0v) is 23.7. The fraction of sp³-hybridized carbons (Fsp3) is 0.297. The summed E-state index contributed by atoms with van der Waals surface area (Å²) in [4.78, 5) is 9.78. The minimum absolute atomic E-state index is 0.0333. The molecule has 204 valence electrons. The summed E-state index contributed by atoms with van der Waals surface area (Å²) in [6, 6.07) is 22.2. The van der Waals surface area contributed by atoms with Gasteiger partial charge in [0.15, 0.2) is 0 Å². The van der Waals surface area contributed by atoms with Gasteiger partial charge in [0, 0.05) is 29.2 Å². The van der Waals surface area contributed by atoms with Crippen molar-refractivity contribution in [1.29, 1.82) is 5.26 Å². The molecule has 4 heteroatoms. The number of hydrogen-bond acceptors (Lipinski definition) is 4. The molecule has 0 bridgehead atoms. The van der Waals surface area contributed by atoms with Gasteiger partial charge in [-0.25, -0.2) is 0 Å². The molecule has 0 saturated heterocycles. The summed E-state index contributed by atoms with van der Waals surface area (Å²) in [6.07, 6.45) is 24.3. The topological polar surface area (TPSA) is 42.6 Å². The molecule has 2 aliphatic heterocycles. The van der Waals surface area contributed by atoms with Crippen LogP contribution in [0.5, 0.6) is 0 Å². The number of hydrogen-bond donors (Lipinski definition) is 0. The largest absolute Gasteiger partial charge is 0.313 e. The summed E-state index contributed by atoms with van der Waals surface area (Å²) in [6.45, 7) is 2.32. The van der Waals surface area contributed by atoms with Gasteiger partial charge in [-0.1, -0.05) is 73.7 Å². The smallest absolute Gasteiger partial charge is 0.0812 e. The number of rotatable bonds is 4. The van der Waals surface area contributed by atoms with Crippen LogP contribution in [0.2, 0.25) is 0 Å². The zero-order chi connectivity index (χ0) is 27.8. The minimum atomic E-state index is -0.0333. The lowest BCUT2D eigenvalue weighted by Gasteiger charge is -2.45. The van der Waals surface area contributed by atoms with Crippen molar-refractivity contribution in [3.63, 3.8) is 0 Å². The van der Waals surface area contributed by atoms with E-state index in [4.69, 9.17) is 4.99 Å². The van der Waals surface area contributed by atoms with E-state index in [0.717, 1.165) is 38.5 Å². The van der Waals surface area contributed by atoms with E-state index in [0.29, 0.717) is 11.8 Å². The second-order valence-electron chi connectivity index (χ2n) is 11.7. The Hall–Kier alpha value is -4.36. The van der Waals surface area contributed by atoms with E-state index in [9.17, 15) is 5.26 Å². The molecule has 2 aromatic rings. The van der Waals surface area contributed by atoms with Crippen molar-refractivity contribution in [2.24, 2.45) is 22.7 Å². The van der Waals surface area contributed by atoms with E-state index in [1.807, 2.05) is 6.21 Å². The lowest BCUT2D eigenvalue weighted by molar-refractivity contribution is 0.588. The highest BCUT2D eigenvalue weighted by molar-refractivity contribution is 5.88. The van der Waals surface area contributed by atoms with E-state index in [1.54, 1.807) is 0 Å². The molecule has 5 aliphatic rings. The Kier molecular flexibility index (Phi) is 6.80. The standard InChI is InChI=1S/C37H36N4/c1-26-15-22-36-37(23-26)41(35-14-8-7-13-34(35)40(36)30-9-3-2-4-10-30)33-12-6-5-11-31(33)28-17-19-29(20-18-28)32-21-16-27(24-38)25-39-32/h2-5,7-11,13-15,17,19-20,22,25-28,32H,6,12,16,18,21,23H2,1H3. The maximum atomic E-state index is 9.22. The Bertz CT molecular complexity index is 1590. The molecule has 4 nitrogen and oxygen atoms in total. The lowest BCUT2D eigenvalue weighted by Crippen LogP contribution is -2.36. The molecule has 0 spiro atoms. The first-order valence-corrected chi connectivity index (χ1v) is 15.1. The second kappa shape index (κ2) is 10.9. The number of benzene rings is 2. The predicted molar refractivity (Wildman–Crippen MR) is 169 cm³/mol. The summed E-state index contributed by atoms with van der Waals surface area (Å²) in [5, 5.41) is 9.22. The van der Waals surface area contributed by atoms with Gasteiger partial charge in [-0.15, -0.1) is 0 Å². The molecule has 2 aromatic carbocycles. The maximum absolute atomic E-state index is 9.22. The van der Waals surface area contributed by atoms with Gasteiger partial charge in [-0.3, -0.25) is 4.99 Å². The van der Waals surface area contributed by atoms with Crippen LogP contribution in [0.15, 0.2) is 130 Å².